The first-order valence-corrected chi connectivity index (χ1v) is 9.18. The molecule has 2 aromatic rings. The Morgan fingerprint density at radius 2 is 1.71 bits per heavy atom. The highest BCUT2D eigenvalue weighted by atomic mass is 35.5. The minimum atomic E-state index is -3.95. The second-order valence-electron chi connectivity index (χ2n) is 5.37. The zero-order valence-electron chi connectivity index (χ0n) is 13.0. The molecule has 0 aliphatic carbocycles. The van der Waals surface area contributed by atoms with Gasteiger partial charge in [0, 0.05) is 5.02 Å². The Kier molecular flexibility index (Phi) is 5.80. The van der Waals surface area contributed by atoms with E-state index in [1.807, 2.05) is 6.92 Å². The number of benzene rings is 2. The third kappa shape index (κ3) is 4.46. The minimum Gasteiger partial charge on any atom is -0.480 e. The normalized spacial score (nSPS) is 13.1. The first-order chi connectivity index (χ1) is 11.3. The average Bonchev–Trinajstić information content (AvgIpc) is 2.53. The van der Waals surface area contributed by atoms with Crippen LogP contribution in [0.5, 0.6) is 0 Å². The highest BCUT2D eigenvalue weighted by molar-refractivity contribution is 7.92. The molecule has 2 rings (SSSR count). The molecule has 0 saturated carbocycles. The van der Waals surface area contributed by atoms with Crippen molar-refractivity contribution >= 4 is 33.5 Å². The summed E-state index contributed by atoms with van der Waals surface area (Å²) in [6.07, 6.45) is 3.11. The van der Waals surface area contributed by atoms with Crippen LogP contribution < -0.4 is 0 Å². The second kappa shape index (κ2) is 7.64. The van der Waals surface area contributed by atoms with Gasteiger partial charge in [-0.3, -0.25) is 4.79 Å². The van der Waals surface area contributed by atoms with E-state index >= 15 is 0 Å². The summed E-state index contributed by atoms with van der Waals surface area (Å²) in [7, 11) is -3.95. The number of sulfone groups is 1. The van der Waals surface area contributed by atoms with E-state index in [2.05, 4.69) is 0 Å². The molecule has 0 bridgehead atoms. The van der Waals surface area contributed by atoms with E-state index in [4.69, 9.17) is 11.6 Å². The molecular weight excluding hydrogens is 348 g/mol. The lowest BCUT2D eigenvalue weighted by molar-refractivity contribution is -0.136. The fourth-order valence-electron chi connectivity index (χ4n) is 2.15. The van der Waals surface area contributed by atoms with Gasteiger partial charge in [-0.1, -0.05) is 53.6 Å². The molecule has 126 valence electrons. The summed E-state index contributed by atoms with van der Waals surface area (Å²) < 4.78 is 25.1. The second-order valence-corrected chi connectivity index (χ2v) is 7.94. The highest BCUT2D eigenvalue weighted by Gasteiger charge is 2.32. The van der Waals surface area contributed by atoms with Crippen molar-refractivity contribution < 1.29 is 18.3 Å². The van der Waals surface area contributed by atoms with Crippen LogP contribution in [0.4, 0.5) is 0 Å². The number of carbonyl (C=O) groups is 1. The van der Waals surface area contributed by atoms with Gasteiger partial charge in [0.1, 0.15) is 0 Å². The first-order valence-electron chi connectivity index (χ1n) is 7.26. The van der Waals surface area contributed by atoms with Crippen LogP contribution in [0.15, 0.2) is 59.5 Å². The van der Waals surface area contributed by atoms with Gasteiger partial charge in [-0.2, -0.15) is 0 Å². The van der Waals surface area contributed by atoms with Gasteiger partial charge >= 0.3 is 5.97 Å². The Morgan fingerprint density at radius 3 is 2.25 bits per heavy atom. The quantitative estimate of drug-likeness (QED) is 0.841. The average molecular weight is 365 g/mol. The molecule has 1 atom stereocenters. The van der Waals surface area contributed by atoms with Gasteiger partial charge in [0.15, 0.2) is 15.1 Å². The molecule has 0 aromatic heterocycles. The lowest BCUT2D eigenvalue weighted by Gasteiger charge is -2.12. The van der Waals surface area contributed by atoms with E-state index in [0.717, 1.165) is 11.1 Å². The van der Waals surface area contributed by atoms with Crippen molar-refractivity contribution in [2.45, 2.75) is 23.5 Å². The van der Waals surface area contributed by atoms with E-state index in [1.54, 1.807) is 48.6 Å². The Balaban J connectivity index is 2.21. The lowest BCUT2D eigenvalue weighted by Crippen LogP contribution is -2.29. The highest BCUT2D eigenvalue weighted by Crippen LogP contribution is 2.20. The van der Waals surface area contributed by atoms with Gasteiger partial charge in [0.05, 0.1) is 4.90 Å². The van der Waals surface area contributed by atoms with E-state index < -0.39 is 21.1 Å². The monoisotopic (exact) mass is 364 g/mol. The molecule has 1 N–H and O–H groups in total. The van der Waals surface area contributed by atoms with E-state index in [0.29, 0.717) is 5.02 Å². The molecular formula is C18H17ClO4S. The topological polar surface area (TPSA) is 71.4 Å². The van der Waals surface area contributed by atoms with Crippen molar-refractivity contribution in [1.29, 1.82) is 0 Å². The summed E-state index contributed by atoms with van der Waals surface area (Å²) in [4.78, 5) is 11.5. The molecule has 0 aliphatic rings. The number of carboxylic acids is 1. The van der Waals surface area contributed by atoms with Crippen LogP contribution in [-0.2, 0) is 14.6 Å². The predicted octanol–water partition coefficient (Wildman–Crippen LogP) is 3.98. The van der Waals surface area contributed by atoms with Gasteiger partial charge in [-0.05, 0) is 43.2 Å². The number of hydrogen-bond acceptors (Lipinski definition) is 3. The molecule has 0 spiro atoms. The summed E-state index contributed by atoms with van der Waals surface area (Å²) in [5, 5.41) is 8.40. The van der Waals surface area contributed by atoms with Gasteiger partial charge in [0.25, 0.3) is 0 Å². The SMILES string of the molecule is Cc1ccc(S(=O)(=O)C(CC=Cc2ccc(Cl)cc2)C(=O)O)cc1. The van der Waals surface area contributed by atoms with Crippen molar-refractivity contribution in [2.24, 2.45) is 0 Å². The molecule has 0 fully saturated rings. The Hall–Kier alpha value is -2.11. The third-order valence-electron chi connectivity index (χ3n) is 3.53. The molecule has 0 aliphatic heterocycles. The standard InChI is InChI=1S/C18H17ClO4S/c1-13-5-11-16(12-6-13)24(22,23)17(18(20)21)4-2-3-14-7-9-15(19)10-8-14/h2-3,5-12,17H,4H2,1H3,(H,20,21). The van der Waals surface area contributed by atoms with Crippen molar-refractivity contribution in [3.63, 3.8) is 0 Å². The van der Waals surface area contributed by atoms with Crippen LogP contribution in [0.1, 0.15) is 17.5 Å². The number of aliphatic carboxylic acids is 1. The fraction of sp³-hybridized carbons (Fsp3) is 0.167. The summed E-state index contributed by atoms with van der Waals surface area (Å²) in [6, 6.07) is 13.1. The molecule has 6 heteroatoms. The Bertz CT molecular complexity index is 838. The molecule has 24 heavy (non-hydrogen) atoms. The smallest absolute Gasteiger partial charge is 0.322 e. The van der Waals surface area contributed by atoms with Crippen molar-refractivity contribution in [3.05, 3.63) is 70.8 Å². The summed E-state index contributed by atoms with van der Waals surface area (Å²) >= 11 is 5.80. The van der Waals surface area contributed by atoms with Crippen LogP contribution in [0.25, 0.3) is 6.08 Å². The van der Waals surface area contributed by atoms with Gasteiger partial charge < -0.3 is 5.11 Å². The number of hydrogen-bond donors (Lipinski definition) is 1. The largest absolute Gasteiger partial charge is 0.480 e. The van der Waals surface area contributed by atoms with E-state index in [9.17, 15) is 18.3 Å². The number of halogens is 1. The van der Waals surface area contributed by atoms with Crippen LogP contribution in [0.3, 0.4) is 0 Å². The molecule has 0 saturated heterocycles. The van der Waals surface area contributed by atoms with E-state index in [1.165, 1.54) is 12.1 Å². The maximum absolute atomic E-state index is 12.5. The number of allylic oxidation sites excluding steroid dienone is 1. The predicted molar refractivity (Wildman–Crippen MR) is 94.9 cm³/mol. The van der Waals surface area contributed by atoms with Crippen LogP contribution in [-0.4, -0.2) is 24.7 Å². The van der Waals surface area contributed by atoms with Crippen molar-refractivity contribution in [2.75, 3.05) is 0 Å². The Morgan fingerprint density at radius 1 is 1.12 bits per heavy atom. The Labute approximate surface area is 146 Å². The van der Waals surface area contributed by atoms with Crippen molar-refractivity contribution in [3.8, 4) is 0 Å². The van der Waals surface area contributed by atoms with Crippen LogP contribution in [0, 0.1) is 6.92 Å². The molecule has 4 nitrogen and oxygen atoms in total. The third-order valence-corrected chi connectivity index (χ3v) is 5.85. The number of rotatable bonds is 6. The van der Waals surface area contributed by atoms with Crippen molar-refractivity contribution in [1.82, 2.24) is 0 Å². The minimum absolute atomic E-state index is 0.0143. The zero-order valence-corrected chi connectivity index (χ0v) is 14.6. The molecule has 1 unspecified atom stereocenters. The summed E-state index contributed by atoms with van der Waals surface area (Å²) in [5.41, 5.74) is 1.72. The maximum atomic E-state index is 12.5. The molecule has 0 heterocycles. The maximum Gasteiger partial charge on any atom is 0.322 e. The number of carboxylic acid groups (broad SMARTS) is 1. The molecule has 0 radical (unpaired) electrons. The van der Waals surface area contributed by atoms with Gasteiger partial charge in [-0.15, -0.1) is 0 Å². The first kappa shape index (κ1) is 18.2. The summed E-state index contributed by atoms with van der Waals surface area (Å²) in [6.45, 7) is 1.83. The van der Waals surface area contributed by atoms with E-state index in [-0.39, 0.29) is 11.3 Å². The van der Waals surface area contributed by atoms with Gasteiger partial charge in [0.2, 0.25) is 0 Å². The van der Waals surface area contributed by atoms with Crippen LogP contribution >= 0.6 is 11.6 Å². The summed E-state index contributed by atoms with van der Waals surface area (Å²) in [5.74, 6) is -1.36. The van der Waals surface area contributed by atoms with Gasteiger partial charge in [-0.25, -0.2) is 8.42 Å². The lowest BCUT2D eigenvalue weighted by atomic mass is 10.2. The van der Waals surface area contributed by atoms with Crippen LogP contribution in [0.2, 0.25) is 5.02 Å². The molecule has 2 aromatic carbocycles. The zero-order chi connectivity index (χ0) is 17.7. The molecule has 0 amide bonds. The number of aryl methyl sites for hydroxylation is 1. The fourth-order valence-corrected chi connectivity index (χ4v) is 3.75.